The number of hydrogen-bond acceptors (Lipinski definition) is 8. The molecule has 0 aromatic rings. The molecule has 0 radical (unpaired) electrons. The molecule has 1 saturated carbocycles. The number of methoxy groups -OCH3 is 4. The Hall–Kier alpha value is -2.12. The van der Waals surface area contributed by atoms with Gasteiger partial charge in [-0.05, 0) is 12.8 Å². The van der Waals surface area contributed by atoms with Gasteiger partial charge in [0.2, 0.25) is 0 Å². The van der Waals surface area contributed by atoms with Gasteiger partial charge in [0.25, 0.3) is 0 Å². The zero-order valence-electron chi connectivity index (χ0n) is 13.0. The van der Waals surface area contributed by atoms with Crippen LogP contribution < -0.4 is 0 Å². The van der Waals surface area contributed by atoms with Crippen molar-refractivity contribution in [2.75, 3.05) is 28.4 Å². The summed E-state index contributed by atoms with van der Waals surface area (Å²) in [4.78, 5) is 47.6. The second-order valence-electron chi connectivity index (χ2n) is 4.99. The molecule has 0 unspecified atom stereocenters. The van der Waals surface area contributed by atoms with Crippen LogP contribution >= 0.6 is 0 Å². The highest BCUT2D eigenvalue weighted by Gasteiger charge is 2.50. The lowest BCUT2D eigenvalue weighted by atomic mass is 9.68. The van der Waals surface area contributed by atoms with Crippen molar-refractivity contribution in [3.05, 3.63) is 0 Å². The molecule has 1 rings (SSSR count). The summed E-state index contributed by atoms with van der Waals surface area (Å²) in [5, 5.41) is 0. The van der Waals surface area contributed by atoms with Gasteiger partial charge in [-0.25, -0.2) is 0 Å². The predicted octanol–water partition coefficient (Wildman–Crippen LogP) is -0.0630. The van der Waals surface area contributed by atoms with Crippen LogP contribution in [0.3, 0.4) is 0 Å². The van der Waals surface area contributed by atoms with Crippen LogP contribution in [0.1, 0.15) is 12.8 Å². The Kier molecular flexibility index (Phi) is 6.33. The summed E-state index contributed by atoms with van der Waals surface area (Å²) in [5.41, 5.74) is 0. The van der Waals surface area contributed by atoms with Crippen molar-refractivity contribution in [2.45, 2.75) is 12.8 Å². The third-order valence-electron chi connectivity index (χ3n) is 4.00. The maximum atomic E-state index is 11.9. The first-order valence-electron chi connectivity index (χ1n) is 6.72. The zero-order chi connectivity index (χ0) is 16.9. The van der Waals surface area contributed by atoms with Crippen LogP contribution in [0, 0.1) is 23.7 Å². The molecule has 0 amide bonds. The highest BCUT2D eigenvalue weighted by molar-refractivity contribution is 5.87. The Bertz CT molecular complexity index is 376. The second kappa shape index (κ2) is 7.77. The van der Waals surface area contributed by atoms with E-state index in [0.29, 0.717) is 0 Å². The van der Waals surface area contributed by atoms with E-state index in [1.807, 2.05) is 0 Å². The number of carbonyl (C=O) groups is 4. The van der Waals surface area contributed by atoms with Crippen LogP contribution in [0.25, 0.3) is 0 Å². The summed E-state index contributed by atoms with van der Waals surface area (Å²) in [5.74, 6) is -6.02. The normalized spacial score (nSPS) is 27.5. The third kappa shape index (κ3) is 3.55. The van der Waals surface area contributed by atoms with E-state index in [9.17, 15) is 19.2 Å². The quantitative estimate of drug-likeness (QED) is 0.524. The van der Waals surface area contributed by atoms with Crippen LogP contribution in [0.5, 0.6) is 0 Å². The molecular weight excluding hydrogens is 296 g/mol. The van der Waals surface area contributed by atoms with Gasteiger partial charge in [0.15, 0.2) is 0 Å². The highest BCUT2D eigenvalue weighted by atomic mass is 16.5. The molecule has 0 saturated heterocycles. The largest absolute Gasteiger partial charge is 0.469 e. The third-order valence-corrected chi connectivity index (χ3v) is 4.00. The molecule has 8 nitrogen and oxygen atoms in total. The van der Waals surface area contributed by atoms with E-state index in [1.54, 1.807) is 0 Å². The molecule has 0 aromatic carbocycles. The summed E-state index contributed by atoms with van der Waals surface area (Å²) >= 11 is 0. The van der Waals surface area contributed by atoms with Gasteiger partial charge < -0.3 is 18.9 Å². The van der Waals surface area contributed by atoms with E-state index < -0.39 is 47.5 Å². The predicted molar refractivity (Wildman–Crippen MR) is 71.3 cm³/mol. The Balaban J connectivity index is 3.15. The number of hydrogen-bond donors (Lipinski definition) is 0. The van der Waals surface area contributed by atoms with E-state index >= 15 is 0 Å². The number of carbonyl (C=O) groups excluding carboxylic acids is 4. The van der Waals surface area contributed by atoms with Crippen LogP contribution in [0.4, 0.5) is 0 Å². The number of esters is 4. The van der Waals surface area contributed by atoms with Crippen LogP contribution in [-0.4, -0.2) is 52.3 Å². The fourth-order valence-corrected chi connectivity index (χ4v) is 2.85. The molecule has 0 aliphatic heterocycles. The Morgan fingerprint density at radius 2 is 0.727 bits per heavy atom. The minimum absolute atomic E-state index is 0.0428. The first-order chi connectivity index (χ1) is 10.4. The minimum Gasteiger partial charge on any atom is -0.469 e. The van der Waals surface area contributed by atoms with E-state index in [1.165, 1.54) is 28.4 Å². The van der Waals surface area contributed by atoms with Crippen LogP contribution in [0.2, 0.25) is 0 Å². The fourth-order valence-electron chi connectivity index (χ4n) is 2.85. The average molecular weight is 316 g/mol. The molecule has 0 bridgehead atoms. The van der Waals surface area contributed by atoms with Crippen molar-refractivity contribution in [1.82, 2.24) is 0 Å². The van der Waals surface area contributed by atoms with Crippen molar-refractivity contribution in [3.63, 3.8) is 0 Å². The van der Waals surface area contributed by atoms with Gasteiger partial charge in [-0.3, -0.25) is 19.2 Å². The zero-order valence-corrected chi connectivity index (χ0v) is 13.0. The standard InChI is InChI=1S/C14H20O8/c1-19-11(15)7-5-9(13(17)21-3)10(14(18)22-4)6-8(7)12(16)20-2/h7-10H,5-6H2,1-4H3/t7-,8+,9+,10-. The average Bonchev–Trinajstić information content (AvgIpc) is 2.57. The Morgan fingerprint density at radius 3 is 0.864 bits per heavy atom. The SMILES string of the molecule is COC(=O)[C@H]1C[C@@H](C(=O)OC)[C@@H](C(=O)OC)C[C@H]1C(=O)OC. The van der Waals surface area contributed by atoms with Crippen molar-refractivity contribution < 1.29 is 38.1 Å². The van der Waals surface area contributed by atoms with E-state index in [2.05, 4.69) is 18.9 Å². The summed E-state index contributed by atoms with van der Waals surface area (Å²) in [6.07, 6.45) is -0.0856. The smallest absolute Gasteiger partial charge is 0.309 e. The molecule has 0 N–H and O–H groups in total. The van der Waals surface area contributed by atoms with Crippen molar-refractivity contribution >= 4 is 23.9 Å². The number of rotatable bonds is 4. The summed E-state index contributed by atoms with van der Waals surface area (Å²) in [6, 6.07) is 0. The maximum absolute atomic E-state index is 11.9. The monoisotopic (exact) mass is 316 g/mol. The van der Waals surface area contributed by atoms with Gasteiger partial charge in [-0.1, -0.05) is 0 Å². The molecule has 1 aliphatic rings. The topological polar surface area (TPSA) is 105 Å². The minimum atomic E-state index is -0.873. The van der Waals surface area contributed by atoms with Crippen molar-refractivity contribution in [1.29, 1.82) is 0 Å². The lowest BCUT2D eigenvalue weighted by molar-refractivity contribution is -0.172. The Labute approximate surface area is 128 Å². The maximum Gasteiger partial charge on any atom is 0.309 e. The van der Waals surface area contributed by atoms with Gasteiger partial charge in [-0.15, -0.1) is 0 Å². The lowest BCUT2D eigenvalue weighted by Gasteiger charge is -2.36. The van der Waals surface area contributed by atoms with Gasteiger partial charge in [0.05, 0.1) is 52.1 Å². The molecular formula is C14H20O8. The molecule has 0 heterocycles. The molecule has 0 aromatic heterocycles. The first-order valence-corrected chi connectivity index (χ1v) is 6.72. The molecule has 1 fully saturated rings. The van der Waals surface area contributed by atoms with Gasteiger partial charge >= 0.3 is 23.9 Å². The molecule has 4 atom stereocenters. The van der Waals surface area contributed by atoms with E-state index in [4.69, 9.17) is 0 Å². The lowest BCUT2D eigenvalue weighted by Crippen LogP contribution is -2.46. The van der Waals surface area contributed by atoms with Gasteiger partial charge in [-0.2, -0.15) is 0 Å². The van der Waals surface area contributed by atoms with E-state index in [0.717, 1.165) is 0 Å². The first kappa shape index (κ1) is 17.9. The van der Waals surface area contributed by atoms with Crippen molar-refractivity contribution in [2.24, 2.45) is 23.7 Å². The Morgan fingerprint density at radius 1 is 0.545 bits per heavy atom. The molecule has 0 spiro atoms. The molecule has 124 valence electrons. The summed E-state index contributed by atoms with van der Waals surface area (Å²) in [6.45, 7) is 0. The summed E-state index contributed by atoms with van der Waals surface area (Å²) < 4.78 is 18.7. The van der Waals surface area contributed by atoms with Gasteiger partial charge in [0, 0.05) is 0 Å². The van der Waals surface area contributed by atoms with Crippen molar-refractivity contribution in [3.8, 4) is 0 Å². The molecule has 22 heavy (non-hydrogen) atoms. The van der Waals surface area contributed by atoms with Gasteiger partial charge in [0.1, 0.15) is 0 Å². The summed E-state index contributed by atoms with van der Waals surface area (Å²) in [7, 11) is 4.76. The molecule has 1 aliphatic carbocycles. The molecule has 8 heteroatoms. The van der Waals surface area contributed by atoms with Crippen LogP contribution in [0.15, 0.2) is 0 Å². The fraction of sp³-hybridized carbons (Fsp3) is 0.714. The highest BCUT2D eigenvalue weighted by Crippen LogP contribution is 2.40. The number of ether oxygens (including phenoxy) is 4. The van der Waals surface area contributed by atoms with Crippen LogP contribution in [-0.2, 0) is 38.1 Å². The second-order valence-corrected chi connectivity index (χ2v) is 4.99. The van der Waals surface area contributed by atoms with E-state index in [-0.39, 0.29) is 12.8 Å².